The molecule has 0 bridgehead atoms. The van der Waals surface area contributed by atoms with Crippen molar-refractivity contribution in [1.29, 1.82) is 0 Å². The third-order valence-electron chi connectivity index (χ3n) is 5.08. The Hall–Kier alpha value is -2.33. The molecule has 1 N–H and O–H groups in total. The number of hydrogen-bond acceptors (Lipinski definition) is 4. The zero-order valence-corrected chi connectivity index (χ0v) is 16.2. The molecule has 1 aromatic carbocycles. The molecule has 0 aliphatic carbocycles. The predicted molar refractivity (Wildman–Crippen MR) is 98.2 cm³/mol. The molecule has 6 nitrogen and oxygen atoms in total. The molecule has 2 aromatic rings. The Morgan fingerprint density at radius 2 is 1.82 bits per heavy atom. The molecule has 1 aliphatic heterocycles. The normalized spacial score (nSPS) is 18.0. The molecule has 28 heavy (non-hydrogen) atoms. The number of nitrogens with one attached hydrogen (secondary N) is 1. The summed E-state index contributed by atoms with van der Waals surface area (Å²) in [7, 11) is 0.510. The van der Waals surface area contributed by atoms with E-state index in [1.54, 1.807) is 0 Å². The largest absolute Gasteiger partial charge is 0.497 e. The van der Waals surface area contributed by atoms with E-state index in [0.717, 1.165) is 10.7 Å². The van der Waals surface area contributed by atoms with Crippen LogP contribution in [0.15, 0.2) is 24.4 Å². The number of alkyl halides is 2. The lowest BCUT2D eigenvalue weighted by Crippen LogP contribution is -2.41. The molecule has 1 aromatic heterocycles. The summed E-state index contributed by atoms with van der Waals surface area (Å²) in [6.45, 7) is 7.37. The average molecular weight is 395 g/mol. The van der Waals surface area contributed by atoms with Gasteiger partial charge in [-0.15, -0.1) is 0 Å². The number of carbonyl (C=O) groups is 1. The fourth-order valence-corrected chi connectivity index (χ4v) is 2.84. The third kappa shape index (κ3) is 3.66. The number of hydrogen-bond donors (Lipinski definition) is 1. The quantitative estimate of drug-likeness (QED) is 0.809. The van der Waals surface area contributed by atoms with Crippen LogP contribution in [0, 0.1) is 5.82 Å². The zero-order chi connectivity index (χ0) is 20.9. The first-order valence-corrected chi connectivity index (χ1v) is 8.69. The maximum absolute atomic E-state index is 13.9. The van der Waals surface area contributed by atoms with Gasteiger partial charge >= 0.3 is 7.12 Å². The van der Waals surface area contributed by atoms with Crippen LogP contribution in [0.5, 0.6) is 0 Å². The van der Waals surface area contributed by atoms with Crippen LogP contribution >= 0.6 is 0 Å². The Morgan fingerprint density at radius 1 is 1.21 bits per heavy atom. The van der Waals surface area contributed by atoms with Crippen LogP contribution in [-0.2, 0) is 16.4 Å². The van der Waals surface area contributed by atoms with Gasteiger partial charge in [0.25, 0.3) is 12.3 Å². The van der Waals surface area contributed by atoms with E-state index in [1.165, 1.54) is 25.4 Å². The highest BCUT2D eigenvalue weighted by Crippen LogP contribution is 2.37. The van der Waals surface area contributed by atoms with Crippen molar-refractivity contribution < 1.29 is 27.3 Å². The first-order valence-electron chi connectivity index (χ1n) is 8.69. The van der Waals surface area contributed by atoms with Gasteiger partial charge in [0.05, 0.1) is 16.8 Å². The Labute approximate surface area is 161 Å². The van der Waals surface area contributed by atoms with E-state index in [0.29, 0.717) is 0 Å². The Kier molecular flexibility index (Phi) is 5.05. The molecule has 0 unspecified atom stereocenters. The molecule has 2 heterocycles. The van der Waals surface area contributed by atoms with Gasteiger partial charge in [-0.3, -0.25) is 9.48 Å². The minimum Gasteiger partial charge on any atom is -0.399 e. The van der Waals surface area contributed by atoms with Crippen molar-refractivity contribution in [2.45, 2.75) is 45.3 Å². The summed E-state index contributed by atoms with van der Waals surface area (Å²) in [6, 6.07) is 3.68. The van der Waals surface area contributed by atoms with Crippen LogP contribution < -0.4 is 10.8 Å². The lowest BCUT2D eigenvalue weighted by atomic mass is 9.77. The summed E-state index contributed by atoms with van der Waals surface area (Å²) in [6.07, 6.45) is -1.70. The summed E-state index contributed by atoms with van der Waals surface area (Å²) < 4.78 is 53.1. The number of halogens is 3. The number of nitrogens with zero attached hydrogens (tertiary/aromatic N) is 2. The second-order valence-electron chi connectivity index (χ2n) is 7.68. The third-order valence-corrected chi connectivity index (χ3v) is 5.08. The fraction of sp³-hybridized carbons (Fsp3) is 0.444. The smallest absolute Gasteiger partial charge is 0.399 e. The highest BCUT2D eigenvalue weighted by molar-refractivity contribution is 6.64. The van der Waals surface area contributed by atoms with E-state index in [9.17, 15) is 18.0 Å². The van der Waals surface area contributed by atoms with Gasteiger partial charge in [0.15, 0.2) is 0 Å². The summed E-state index contributed by atoms with van der Waals surface area (Å²) in [5.41, 5.74) is -1.76. The van der Waals surface area contributed by atoms with E-state index in [2.05, 4.69) is 10.4 Å². The minimum atomic E-state index is -2.90. The highest BCUT2D eigenvalue weighted by Gasteiger charge is 2.52. The standard InChI is InChI=1S/C18H21BF3N3O3/c1-17(2)18(3,4)28-19(27-17)12-8-10(20)6-7-13(12)23-16(26)11-9-25(5)24-14(11)15(21)22/h6-9,15H,1-5H3,(H,23,26). The number of rotatable bonds is 4. The molecule has 1 aliphatic rings. The van der Waals surface area contributed by atoms with Crippen LogP contribution in [0.2, 0.25) is 0 Å². The number of aromatic nitrogens is 2. The van der Waals surface area contributed by atoms with E-state index < -0.39 is 42.2 Å². The fourth-order valence-electron chi connectivity index (χ4n) is 2.84. The molecule has 0 radical (unpaired) electrons. The number of benzene rings is 1. The summed E-state index contributed by atoms with van der Waals surface area (Å²) in [5, 5.41) is 6.16. The average Bonchev–Trinajstić information content (AvgIpc) is 3.06. The van der Waals surface area contributed by atoms with E-state index in [4.69, 9.17) is 9.31 Å². The molecule has 0 saturated carbocycles. The molecule has 0 atom stereocenters. The van der Waals surface area contributed by atoms with Gasteiger partial charge in [0.1, 0.15) is 11.5 Å². The van der Waals surface area contributed by atoms with Gasteiger partial charge in [0, 0.05) is 24.4 Å². The van der Waals surface area contributed by atoms with Crippen molar-refractivity contribution in [3.63, 3.8) is 0 Å². The van der Waals surface area contributed by atoms with Gasteiger partial charge in [-0.25, -0.2) is 13.2 Å². The number of carbonyl (C=O) groups excluding carboxylic acids is 1. The molecule has 3 rings (SSSR count). The van der Waals surface area contributed by atoms with Crippen molar-refractivity contribution in [2.75, 3.05) is 5.32 Å². The van der Waals surface area contributed by atoms with Crippen molar-refractivity contribution in [2.24, 2.45) is 7.05 Å². The van der Waals surface area contributed by atoms with Crippen molar-refractivity contribution in [3.05, 3.63) is 41.5 Å². The second-order valence-corrected chi connectivity index (χ2v) is 7.68. The number of aryl methyl sites for hydroxylation is 1. The summed E-state index contributed by atoms with van der Waals surface area (Å²) >= 11 is 0. The van der Waals surface area contributed by atoms with Crippen LogP contribution in [-0.4, -0.2) is 34.0 Å². The van der Waals surface area contributed by atoms with Crippen molar-refractivity contribution in [1.82, 2.24) is 9.78 Å². The number of amides is 1. The van der Waals surface area contributed by atoms with E-state index >= 15 is 0 Å². The van der Waals surface area contributed by atoms with Gasteiger partial charge in [-0.1, -0.05) is 0 Å². The van der Waals surface area contributed by atoms with Gasteiger partial charge in [-0.2, -0.15) is 5.10 Å². The minimum absolute atomic E-state index is 0.203. The van der Waals surface area contributed by atoms with Gasteiger partial charge in [-0.05, 0) is 45.9 Å². The summed E-state index contributed by atoms with van der Waals surface area (Å²) in [5.74, 6) is -1.33. The molecule has 1 amide bonds. The molecular weight excluding hydrogens is 374 g/mol. The number of anilines is 1. The van der Waals surface area contributed by atoms with Crippen molar-refractivity contribution in [3.8, 4) is 0 Å². The monoisotopic (exact) mass is 395 g/mol. The topological polar surface area (TPSA) is 65.4 Å². The first-order chi connectivity index (χ1) is 12.9. The predicted octanol–water partition coefficient (Wildman–Crippen LogP) is 3.05. The van der Waals surface area contributed by atoms with Crippen LogP contribution in [0.1, 0.15) is 50.2 Å². The molecule has 150 valence electrons. The maximum atomic E-state index is 13.9. The van der Waals surface area contributed by atoms with Crippen LogP contribution in [0.3, 0.4) is 0 Å². The highest BCUT2D eigenvalue weighted by atomic mass is 19.3. The van der Waals surface area contributed by atoms with E-state index in [-0.39, 0.29) is 16.7 Å². The zero-order valence-electron chi connectivity index (χ0n) is 16.2. The summed E-state index contributed by atoms with van der Waals surface area (Å²) in [4.78, 5) is 12.6. The Morgan fingerprint density at radius 3 is 2.39 bits per heavy atom. The molecule has 10 heteroatoms. The van der Waals surface area contributed by atoms with Gasteiger partial charge < -0.3 is 14.6 Å². The molecule has 1 fully saturated rings. The van der Waals surface area contributed by atoms with Crippen LogP contribution in [0.25, 0.3) is 0 Å². The maximum Gasteiger partial charge on any atom is 0.497 e. The molecular formula is C18H21BF3N3O3. The molecule has 1 saturated heterocycles. The Balaban J connectivity index is 1.93. The SMILES string of the molecule is Cn1cc(C(=O)Nc2ccc(F)cc2B2OC(C)(C)C(C)(C)O2)c(C(F)F)n1. The first kappa shape index (κ1) is 20.4. The van der Waals surface area contributed by atoms with Crippen LogP contribution in [0.4, 0.5) is 18.9 Å². The lowest BCUT2D eigenvalue weighted by molar-refractivity contribution is 0.00578. The van der Waals surface area contributed by atoms with Crippen molar-refractivity contribution >= 4 is 24.2 Å². The lowest BCUT2D eigenvalue weighted by Gasteiger charge is -2.32. The van der Waals surface area contributed by atoms with E-state index in [1.807, 2.05) is 27.7 Å². The second kappa shape index (κ2) is 6.93. The Bertz CT molecular complexity index is 899. The molecule has 0 spiro atoms. The van der Waals surface area contributed by atoms with Gasteiger partial charge in [0.2, 0.25) is 0 Å².